The van der Waals surface area contributed by atoms with Gasteiger partial charge in [0.05, 0.1) is 18.8 Å². The molecule has 1 heterocycles. The van der Waals surface area contributed by atoms with Crippen LogP contribution >= 0.6 is 0 Å². The van der Waals surface area contributed by atoms with Gasteiger partial charge in [0, 0.05) is 24.3 Å². The van der Waals surface area contributed by atoms with Gasteiger partial charge < -0.3 is 14.6 Å². The van der Waals surface area contributed by atoms with Gasteiger partial charge in [0.25, 0.3) is 0 Å². The van der Waals surface area contributed by atoms with Gasteiger partial charge in [0.15, 0.2) is 0 Å². The monoisotopic (exact) mass is 423 g/mol. The number of nitrogens with zero attached hydrogens (tertiary/aromatic N) is 3. The standard InChI is InChI=1S/C25H33N3O3/c1-5-30-23-11-13-24(14-12-23)31-18-22(29)16-27(4)17-25-19(2)26-28(20(25)3)15-21-9-7-6-8-10-21/h6-14,22,29H,5,15-18H2,1-4H3/t22-/m1/s1. The van der Waals surface area contributed by atoms with Crippen molar-refractivity contribution in [3.8, 4) is 11.5 Å². The first kappa shape index (κ1) is 22.8. The van der Waals surface area contributed by atoms with E-state index in [-0.39, 0.29) is 6.61 Å². The summed E-state index contributed by atoms with van der Waals surface area (Å²) in [6.45, 7) is 8.98. The van der Waals surface area contributed by atoms with Crippen LogP contribution in [0.15, 0.2) is 54.6 Å². The highest BCUT2D eigenvalue weighted by Gasteiger charge is 2.16. The van der Waals surface area contributed by atoms with E-state index in [2.05, 4.69) is 28.6 Å². The Kier molecular flexibility index (Phi) is 8.09. The van der Waals surface area contributed by atoms with Crippen molar-refractivity contribution < 1.29 is 14.6 Å². The second-order valence-corrected chi connectivity index (χ2v) is 7.86. The van der Waals surface area contributed by atoms with E-state index in [9.17, 15) is 5.11 Å². The molecule has 0 amide bonds. The van der Waals surface area contributed by atoms with Crippen molar-refractivity contribution in [2.75, 3.05) is 26.8 Å². The lowest BCUT2D eigenvalue weighted by Crippen LogP contribution is -2.33. The molecule has 0 fully saturated rings. The van der Waals surface area contributed by atoms with Gasteiger partial charge in [-0.05, 0) is 57.6 Å². The van der Waals surface area contributed by atoms with Crippen molar-refractivity contribution in [2.45, 2.75) is 40.0 Å². The van der Waals surface area contributed by atoms with E-state index in [1.54, 1.807) is 0 Å². The molecular weight excluding hydrogens is 390 g/mol. The fraction of sp³-hybridized carbons (Fsp3) is 0.400. The first-order valence-corrected chi connectivity index (χ1v) is 10.7. The van der Waals surface area contributed by atoms with E-state index >= 15 is 0 Å². The Bertz CT molecular complexity index is 939. The lowest BCUT2D eigenvalue weighted by Gasteiger charge is -2.21. The molecule has 31 heavy (non-hydrogen) atoms. The summed E-state index contributed by atoms with van der Waals surface area (Å²) in [5.41, 5.74) is 4.63. The second kappa shape index (κ2) is 11.0. The van der Waals surface area contributed by atoms with Crippen molar-refractivity contribution >= 4 is 0 Å². The van der Waals surface area contributed by atoms with Crippen LogP contribution in [0.2, 0.25) is 0 Å². The van der Waals surface area contributed by atoms with Crippen LogP contribution in [0, 0.1) is 13.8 Å². The van der Waals surface area contributed by atoms with Gasteiger partial charge >= 0.3 is 0 Å². The number of aliphatic hydroxyl groups excluding tert-OH is 1. The van der Waals surface area contributed by atoms with Crippen molar-refractivity contribution in [3.63, 3.8) is 0 Å². The summed E-state index contributed by atoms with van der Waals surface area (Å²) in [4.78, 5) is 2.11. The average molecular weight is 424 g/mol. The zero-order valence-electron chi connectivity index (χ0n) is 18.9. The average Bonchev–Trinajstić information content (AvgIpc) is 3.01. The Hall–Kier alpha value is -2.83. The lowest BCUT2D eigenvalue weighted by atomic mass is 10.1. The first-order valence-electron chi connectivity index (χ1n) is 10.7. The minimum atomic E-state index is -0.587. The molecule has 0 aliphatic rings. The maximum atomic E-state index is 10.4. The zero-order valence-corrected chi connectivity index (χ0v) is 18.9. The molecule has 0 saturated heterocycles. The summed E-state index contributed by atoms with van der Waals surface area (Å²) < 4.78 is 13.2. The molecule has 0 saturated carbocycles. The number of aryl methyl sites for hydroxylation is 1. The molecule has 6 heteroatoms. The Labute approximate surface area is 185 Å². The van der Waals surface area contributed by atoms with Crippen molar-refractivity contribution in [1.82, 2.24) is 14.7 Å². The van der Waals surface area contributed by atoms with E-state index in [1.165, 1.54) is 11.1 Å². The minimum absolute atomic E-state index is 0.240. The number of benzene rings is 2. The molecule has 1 aromatic heterocycles. The molecule has 0 aliphatic carbocycles. The molecule has 3 aromatic rings. The largest absolute Gasteiger partial charge is 0.494 e. The molecule has 2 aromatic carbocycles. The number of hydrogen-bond donors (Lipinski definition) is 1. The van der Waals surface area contributed by atoms with E-state index in [4.69, 9.17) is 14.6 Å². The fourth-order valence-electron chi connectivity index (χ4n) is 3.61. The van der Waals surface area contributed by atoms with Gasteiger partial charge in [0.1, 0.15) is 24.2 Å². The number of likely N-dealkylation sites (N-methyl/N-ethyl adjacent to an activating group) is 1. The Morgan fingerprint density at radius 2 is 1.65 bits per heavy atom. The smallest absolute Gasteiger partial charge is 0.119 e. The molecule has 0 radical (unpaired) electrons. The summed E-state index contributed by atoms with van der Waals surface area (Å²) in [7, 11) is 2.01. The molecule has 6 nitrogen and oxygen atoms in total. The molecule has 1 atom stereocenters. The van der Waals surface area contributed by atoms with Crippen LogP contribution in [0.1, 0.15) is 29.4 Å². The molecule has 0 unspecified atom stereocenters. The van der Waals surface area contributed by atoms with Crippen LogP contribution in [-0.4, -0.2) is 52.7 Å². The maximum absolute atomic E-state index is 10.4. The van der Waals surface area contributed by atoms with Crippen LogP contribution in [0.3, 0.4) is 0 Å². The summed E-state index contributed by atoms with van der Waals surface area (Å²) >= 11 is 0. The van der Waals surface area contributed by atoms with E-state index in [1.807, 2.05) is 63.4 Å². The first-order chi connectivity index (χ1) is 15.0. The normalized spacial score (nSPS) is 12.2. The molecule has 0 bridgehead atoms. The van der Waals surface area contributed by atoms with Crippen molar-refractivity contribution in [2.24, 2.45) is 0 Å². The van der Waals surface area contributed by atoms with E-state index in [0.29, 0.717) is 13.2 Å². The third-order valence-corrected chi connectivity index (χ3v) is 5.23. The Morgan fingerprint density at radius 1 is 1.00 bits per heavy atom. The lowest BCUT2D eigenvalue weighted by molar-refractivity contribution is 0.0742. The highest BCUT2D eigenvalue weighted by Crippen LogP contribution is 2.19. The summed E-state index contributed by atoms with van der Waals surface area (Å²) in [6, 6.07) is 17.8. The third kappa shape index (κ3) is 6.57. The number of hydrogen-bond acceptors (Lipinski definition) is 5. The highest BCUT2D eigenvalue weighted by atomic mass is 16.5. The van der Waals surface area contributed by atoms with Gasteiger partial charge in [-0.3, -0.25) is 9.58 Å². The van der Waals surface area contributed by atoms with E-state index in [0.717, 1.165) is 36.0 Å². The number of aromatic nitrogens is 2. The van der Waals surface area contributed by atoms with Crippen LogP contribution in [-0.2, 0) is 13.1 Å². The molecule has 0 aliphatic heterocycles. The van der Waals surface area contributed by atoms with Gasteiger partial charge in [-0.1, -0.05) is 30.3 Å². The van der Waals surface area contributed by atoms with E-state index < -0.39 is 6.10 Å². The quantitative estimate of drug-likeness (QED) is 0.508. The van der Waals surface area contributed by atoms with Gasteiger partial charge in [-0.25, -0.2) is 0 Å². The van der Waals surface area contributed by atoms with Crippen LogP contribution in [0.25, 0.3) is 0 Å². The van der Waals surface area contributed by atoms with Gasteiger partial charge in [0.2, 0.25) is 0 Å². The third-order valence-electron chi connectivity index (χ3n) is 5.23. The fourth-order valence-corrected chi connectivity index (χ4v) is 3.61. The van der Waals surface area contributed by atoms with Crippen molar-refractivity contribution in [3.05, 3.63) is 77.1 Å². The SMILES string of the molecule is CCOc1ccc(OC[C@H](O)CN(C)Cc2c(C)nn(Cc3ccccc3)c2C)cc1. The predicted octanol–water partition coefficient (Wildman–Crippen LogP) is 3.82. The van der Waals surface area contributed by atoms with Crippen LogP contribution < -0.4 is 9.47 Å². The molecule has 166 valence electrons. The van der Waals surface area contributed by atoms with Gasteiger partial charge in [-0.15, -0.1) is 0 Å². The number of aliphatic hydroxyl groups is 1. The second-order valence-electron chi connectivity index (χ2n) is 7.86. The molecular formula is C25H33N3O3. The topological polar surface area (TPSA) is 59.8 Å². The highest BCUT2D eigenvalue weighted by molar-refractivity contribution is 5.31. The Balaban J connectivity index is 1.51. The Morgan fingerprint density at radius 3 is 2.29 bits per heavy atom. The van der Waals surface area contributed by atoms with Crippen LogP contribution in [0.4, 0.5) is 0 Å². The molecule has 1 N–H and O–H groups in total. The van der Waals surface area contributed by atoms with Crippen LogP contribution in [0.5, 0.6) is 11.5 Å². The predicted molar refractivity (Wildman–Crippen MR) is 123 cm³/mol. The minimum Gasteiger partial charge on any atom is -0.494 e. The number of ether oxygens (including phenoxy) is 2. The molecule has 3 rings (SSSR count). The summed E-state index contributed by atoms with van der Waals surface area (Å²) in [6.07, 6.45) is -0.587. The summed E-state index contributed by atoms with van der Waals surface area (Å²) in [5.74, 6) is 1.53. The summed E-state index contributed by atoms with van der Waals surface area (Å²) in [5, 5.41) is 15.2. The molecule has 0 spiro atoms. The number of rotatable bonds is 11. The van der Waals surface area contributed by atoms with Gasteiger partial charge in [-0.2, -0.15) is 5.10 Å². The maximum Gasteiger partial charge on any atom is 0.119 e. The zero-order chi connectivity index (χ0) is 22.2. The van der Waals surface area contributed by atoms with Crippen molar-refractivity contribution in [1.29, 1.82) is 0 Å².